The SMILES string of the molecule is COc1ccc(Cl)cc1C(=O)NCCN1CCS(=O)(=O)CC1. The fourth-order valence-electron chi connectivity index (χ4n) is 2.25. The normalized spacial score (nSPS) is 17.9. The van der Waals surface area contributed by atoms with Crippen molar-refractivity contribution < 1.29 is 17.9 Å². The van der Waals surface area contributed by atoms with Gasteiger partial charge in [0.2, 0.25) is 0 Å². The molecule has 0 bridgehead atoms. The van der Waals surface area contributed by atoms with E-state index in [2.05, 4.69) is 5.32 Å². The van der Waals surface area contributed by atoms with Gasteiger partial charge in [-0.25, -0.2) is 8.42 Å². The molecule has 1 aliphatic heterocycles. The zero-order valence-corrected chi connectivity index (χ0v) is 13.9. The Balaban J connectivity index is 1.85. The fourth-order valence-corrected chi connectivity index (χ4v) is 3.70. The molecule has 1 aromatic rings. The molecule has 1 fully saturated rings. The zero-order chi connectivity index (χ0) is 16.2. The largest absolute Gasteiger partial charge is 0.496 e. The zero-order valence-electron chi connectivity index (χ0n) is 12.3. The predicted octanol–water partition coefficient (Wildman–Crippen LogP) is 0.809. The third-order valence-electron chi connectivity index (χ3n) is 3.56. The summed E-state index contributed by atoms with van der Waals surface area (Å²) in [4.78, 5) is 14.2. The van der Waals surface area contributed by atoms with Crippen LogP contribution in [0.2, 0.25) is 5.02 Å². The lowest BCUT2D eigenvalue weighted by atomic mass is 10.2. The molecule has 2 rings (SSSR count). The van der Waals surface area contributed by atoms with E-state index in [1.807, 2.05) is 4.90 Å². The Labute approximate surface area is 135 Å². The van der Waals surface area contributed by atoms with Crippen LogP contribution in [0.25, 0.3) is 0 Å². The van der Waals surface area contributed by atoms with Gasteiger partial charge in [0, 0.05) is 31.2 Å². The van der Waals surface area contributed by atoms with Gasteiger partial charge in [0.1, 0.15) is 5.75 Å². The molecule has 1 N–H and O–H groups in total. The standard InChI is InChI=1S/C14H19ClN2O4S/c1-21-13-3-2-11(15)10-12(13)14(18)16-4-5-17-6-8-22(19,20)9-7-17/h2-3,10H,4-9H2,1H3,(H,16,18). The lowest BCUT2D eigenvalue weighted by Crippen LogP contribution is -2.43. The van der Waals surface area contributed by atoms with Gasteiger partial charge in [-0.3, -0.25) is 9.69 Å². The summed E-state index contributed by atoms with van der Waals surface area (Å²) in [6.07, 6.45) is 0. The number of ether oxygens (including phenoxy) is 1. The Bertz CT molecular complexity index is 634. The van der Waals surface area contributed by atoms with Crippen molar-refractivity contribution >= 4 is 27.3 Å². The summed E-state index contributed by atoms with van der Waals surface area (Å²) in [6, 6.07) is 4.86. The average molecular weight is 347 g/mol. The van der Waals surface area contributed by atoms with Crippen molar-refractivity contribution in [1.29, 1.82) is 0 Å². The van der Waals surface area contributed by atoms with Crippen molar-refractivity contribution in [3.05, 3.63) is 28.8 Å². The molecule has 0 unspecified atom stereocenters. The van der Waals surface area contributed by atoms with Crippen LogP contribution in [0.3, 0.4) is 0 Å². The topological polar surface area (TPSA) is 75.7 Å². The second kappa shape index (κ2) is 7.30. The first kappa shape index (κ1) is 17.1. The van der Waals surface area contributed by atoms with Crippen LogP contribution >= 0.6 is 11.6 Å². The van der Waals surface area contributed by atoms with Crippen LogP contribution in [0.1, 0.15) is 10.4 Å². The number of hydrogen-bond donors (Lipinski definition) is 1. The molecular formula is C14H19ClN2O4S. The van der Waals surface area contributed by atoms with Crippen molar-refractivity contribution in [2.45, 2.75) is 0 Å². The molecule has 122 valence electrons. The van der Waals surface area contributed by atoms with Gasteiger partial charge >= 0.3 is 0 Å². The first-order valence-electron chi connectivity index (χ1n) is 6.96. The monoisotopic (exact) mass is 346 g/mol. The Kier molecular flexibility index (Phi) is 5.66. The van der Waals surface area contributed by atoms with Gasteiger partial charge < -0.3 is 10.1 Å². The highest BCUT2D eigenvalue weighted by Crippen LogP contribution is 2.22. The number of sulfone groups is 1. The van der Waals surface area contributed by atoms with Crippen LogP contribution in [0.4, 0.5) is 0 Å². The lowest BCUT2D eigenvalue weighted by Gasteiger charge is -2.26. The Morgan fingerprint density at radius 2 is 2.05 bits per heavy atom. The highest BCUT2D eigenvalue weighted by atomic mass is 35.5. The van der Waals surface area contributed by atoms with Gasteiger partial charge in [0.15, 0.2) is 9.84 Å². The van der Waals surface area contributed by atoms with Crippen molar-refractivity contribution in [2.24, 2.45) is 0 Å². The van der Waals surface area contributed by atoms with Crippen molar-refractivity contribution in [3.63, 3.8) is 0 Å². The van der Waals surface area contributed by atoms with E-state index in [0.717, 1.165) is 0 Å². The molecule has 8 heteroatoms. The van der Waals surface area contributed by atoms with E-state index < -0.39 is 9.84 Å². The van der Waals surface area contributed by atoms with Gasteiger partial charge in [-0.15, -0.1) is 0 Å². The summed E-state index contributed by atoms with van der Waals surface area (Å²) in [6.45, 7) is 2.08. The number of carbonyl (C=O) groups excluding carboxylic acids is 1. The molecule has 6 nitrogen and oxygen atoms in total. The van der Waals surface area contributed by atoms with E-state index in [-0.39, 0.29) is 17.4 Å². The lowest BCUT2D eigenvalue weighted by molar-refractivity contribution is 0.0945. The molecule has 1 heterocycles. The van der Waals surface area contributed by atoms with Gasteiger partial charge in [-0.1, -0.05) is 11.6 Å². The van der Waals surface area contributed by atoms with Gasteiger partial charge in [0.25, 0.3) is 5.91 Å². The van der Waals surface area contributed by atoms with Crippen molar-refractivity contribution in [3.8, 4) is 5.75 Å². The first-order valence-corrected chi connectivity index (χ1v) is 9.16. The molecule has 0 radical (unpaired) electrons. The van der Waals surface area contributed by atoms with Gasteiger partial charge in [-0.2, -0.15) is 0 Å². The second-order valence-corrected chi connectivity index (χ2v) is 7.83. The Hall–Kier alpha value is -1.31. The Morgan fingerprint density at radius 1 is 1.36 bits per heavy atom. The summed E-state index contributed by atoms with van der Waals surface area (Å²) in [5.74, 6) is 0.571. The molecule has 0 aromatic heterocycles. The predicted molar refractivity (Wildman–Crippen MR) is 85.4 cm³/mol. The molecule has 0 saturated carbocycles. The molecule has 1 aliphatic rings. The maximum Gasteiger partial charge on any atom is 0.255 e. The van der Waals surface area contributed by atoms with Gasteiger partial charge in [-0.05, 0) is 18.2 Å². The minimum Gasteiger partial charge on any atom is -0.496 e. The third-order valence-corrected chi connectivity index (χ3v) is 5.40. The van der Waals surface area contributed by atoms with Crippen LogP contribution in [0, 0.1) is 0 Å². The number of hydrogen-bond acceptors (Lipinski definition) is 5. The number of methoxy groups -OCH3 is 1. The van der Waals surface area contributed by atoms with Crippen molar-refractivity contribution in [2.75, 3.05) is 44.8 Å². The summed E-state index contributed by atoms with van der Waals surface area (Å²) in [7, 11) is -1.38. The number of nitrogens with zero attached hydrogens (tertiary/aromatic N) is 1. The highest BCUT2D eigenvalue weighted by Gasteiger charge is 2.21. The number of carbonyl (C=O) groups is 1. The molecule has 0 atom stereocenters. The summed E-state index contributed by atoms with van der Waals surface area (Å²) in [5.41, 5.74) is 0.385. The second-order valence-electron chi connectivity index (χ2n) is 5.09. The number of rotatable bonds is 5. The fraction of sp³-hybridized carbons (Fsp3) is 0.500. The minimum absolute atomic E-state index is 0.184. The van der Waals surface area contributed by atoms with Gasteiger partial charge in [0.05, 0.1) is 24.2 Å². The first-order chi connectivity index (χ1) is 10.4. The molecule has 1 saturated heterocycles. The summed E-state index contributed by atoms with van der Waals surface area (Å²) in [5, 5.41) is 3.27. The van der Waals surface area contributed by atoms with E-state index in [0.29, 0.717) is 42.5 Å². The van der Waals surface area contributed by atoms with Crippen LogP contribution in [-0.4, -0.2) is 64.0 Å². The van der Waals surface area contributed by atoms with Crippen molar-refractivity contribution in [1.82, 2.24) is 10.2 Å². The Morgan fingerprint density at radius 3 is 2.68 bits per heavy atom. The van der Waals surface area contributed by atoms with Crippen LogP contribution < -0.4 is 10.1 Å². The van der Waals surface area contributed by atoms with E-state index in [9.17, 15) is 13.2 Å². The van der Waals surface area contributed by atoms with Crippen LogP contribution in [0.5, 0.6) is 5.75 Å². The van der Waals surface area contributed by atoms with Crippen LogP contribution in [0.15, 0.2) is 18.2 Å². The summed E-state index contributed by atoms with van der Waals surface area (Å²) >= 11 is 5.90. The van der Waals surface area contributed by atoms with E-state index >= 15 is 0 Å². The summed E-state index contributed by atoms with van der Waals surface area (Å²) < 4.78 is 27.8. The van der Waals surface area contributed by atoms with E-state index in [4.69, 9.17) is 16.3 Å². The number of halogens is 1. The number of benzene rings is 1. The maximum atomic E-state index is 12.2. The number of amides is 1. The molecule has 0 aliphatic carbocycles. The molecule has 22 heavy (non-hydrogen) atoms. The molecule has 1 amide bonds. The van der Waals surface area contributed by atoms with E-state index in [1.54, 1.807) is 18.2 Å². The maximum absolute atomic E-state index is 12.2. The van der Waals surface area contributed by atoms with E-state index in [1.165, 1.54) is 7.11 Å². The molecule has 0 spiro atoms. The quantitative estimate of drug-likeness (QED) is 0.853. The number of nitrogens with one attached hydrogen (secondary N) is 1. The third kappa shape index (κ3) is 4.59. The van der Waals surface area contributed by atoms with Crippen LogP contribution in [-0.2, 0) is 9.84 Å². The average Bonchev–Trinajstić information content (AvgIpc) is 2.48. The highest BCUT2D eigenvalue weighted by molar-refractivity contribution is 7.91. The minimum atomic E-state index is -2.87. The molecular weight excluding hydrogens is 328 g/mol. The molecule has 1 aromatic carbocycles. The smallest absolute Gasteiger partial charge is 0.255 e.